The second kappa shape index (κ2) is 3.87. The van der Waals surface area contributed by atoms with Crippen LogP contribution in [0.3, 0.4) is 0 Å². The quantitative estimate of drug-likeness (QED) is 0.768. The molecule has 2 aromatic rings. The maximum Gasteiger partial charge on any atom is 0.451 e. The summed E-state index contributed by atoms with van der Waals surface area (Å²) in [4.78, 5) is 3.52. The minimum Gasteiger partial charge on any atom is -0.245 e. The molecule has 0 unspecified atom stereocenters. The zero-order valence-electron chi connectivity index (χ0n) is 9.28. The third-order valence-corrected chi connectivity index (χ3v) is 2.29. The summed E-state index contributed by atoms with van der Waals surface area (Å²) in [6.45, 7) is 1.86. The average molecular weight is 241 g/mol. The molecule has 0 atom stereocenters. The molecule has 0 aliphatic rings. The van der Waals surface area contributed by atoms with E-state index in [4.69, 9.17) is 0 Å². The van der Waals surface area contributed by atoms with Crippen molar-refractivity contribution in [3.05, 3.63) is 35.7 Å². The highest BCUT2D eigenvalue weighted by atomic mass is 19.4. The maximum absolute atomic E-state index is 12.5. The summed E-state index contributed by atoms with van der Waals surface area (Å²) in [7, 11) is 1.23. The number of aromatic nitrogens is 3. The van der Waals surface area contributed by atoms with Crippen LogP contribution >= 0.6 is 0 Å². The Hall–Kier alpha value is -1.85. The van der Waals surface area contributed by atoms with Gasteiger partial charge in [-0.1, -0.05) is 23.8 Å². The number of nitrogens with zero attached hydrogens (tertiary/aromatic N) is 3. The van der Waals surface area contributed by atoms with Gasteiger partial charge in [-0.15, -0.1) is 0 Å². The van der Waals surface area contributed by atoms with Crippen molar-refractivity contribution in [1.29, 1.82) is 0 Å². The van der Waals surface area contributed by atoms with E-state index >= 15 is 0 Å². The lowest BCUT2D eigenvalue weighted by Crippen LogP contribution is -2.13. The van der Waals surface area contributed by atoms with Crippen LogP contribution in [0, 0.1) is 6.92 Å². The molecule has 0 aliphatic carbocycles. The van der Waals surface area contributed by atoms with Crippen LogP contribution in [0.25, 0.3) is 11.4 Å². The fourth-order valence-electron chi connectivity index (χ4n) is 1.54. The number of hydrogen-bond acceptors (Lipinski definition) is 2. The first-order chi connectivity index (χ1) is 7.88. The minimum absolute atomic E-state index is 0.0866. The minimum atomic E-state index is -4.48. The van der Waals surface area contributed by atoms with E-state index in [0.29, 0.717) is 5.56 Å². The van der Waals surface area contributed by atoms with Crippen LogP contribution in [0.5, 0.6) is 0 Å². The van der Waals surface area contributed by atoms with Gasteiger partial charge in [-0.2, -0.15) is 18.3 Å². The lowest BCUT2D eigenvalue weighted by molar-refractivity contribution is -0.147. The Morgan fingerprint density at radius 2 is 1.94 bits per heavy atom. The Bertz CT molecular complexity index is 543. The van der Waals surface area contributed by atoms with Crippen molar-refractivity contribution in [2.45, 2.75) is 13.1 Å². The van der Waals surface area contributed by atoms with Gasteiger partial charge in [0.05, 0.1) is 0 Å². The largest absolute Gasteiger partial charge is 0.451 e. The van der Waals surface area contributed by atoms with Crippen LogP contribution in [-0.2, 0) is 13.2 Å². The van der Waals surface area contributed by atoms with E-state index in [2.05, 4.69) is 10.1 Å². The third-order valence-electron chi connectivity index (χ3n) is 2.29. The number of hydrogen-bond donors (Lipinski definition) is 0. The summed E-state index contributed by atoms with van der Waals surface area (Å²) in [5.41, 5.74) is 1.53. The van der Waals surface area contributed by atoms with Gasteiger partial charge in [0.1, 0.15) is 0 Å². The Kier molecular flexibility index (Phi) is 2.65. The molecule has 17 heavy (non-hydrogen) atoms. The second-order valence-corrected chi connectivity index (χ2v) is 3.75. The molecule has 0 saturated heterocycles. The van der Waals surface area contributed by atoms with Gasteiger partial charge in [0.15, 0.2) is 5.82 Å². The second-order valence-electron chi connectivity index (χ2n) is 3.75. The van der Waals surface area contributed by atoms with E-state index in [-0.39, 0.29) is 5.82 Å². The van der Waals surface area contributed by atoms with Crippen LogP contribution in [0.2, 0.25) is 0 Å². The van der Waals surface area contributed by atoms with Crippen LogP contribution in [0.4, 0.5) is 13.2 Å². The van der Waals surface area contributed by atoms with Crippen molar-refractivity contribution in [2.24, 2.45) is 7.05 Å². The molecule has 3 nitrogen and oxygen atoms in total. The number of rotatable bonds is 1. The highest BCUT2D eigenvalue weighted by Crippen LogP contribution is 2.29. The summed E-state index contributed by atoms with van der Waals surface area (Å²) < 4.78 is 38.3. The number of halogens is 3. The maximum atomic E-state index is 12.5. The molecule has 0 radical (unpaired) electrons. The van der Waals surface area contributed by atoms with Crippen LogP contribution in [-0.4, -0.2) is 14.8 Å². The molecule has 0 saturated carbocycles. The highest BCUT2D eigenvalue weighted by Gasteiger charge is 2.37. The summed E-state index contributed by atoms with van der Waals surface area (Å²) in [6, 6.07) is 7.05. The summed E-state index contributed by atoms with van der Waals surface area (Å²) in [5.74, 6) is -0.905. The first kappa shape index (κ1) is 11.6. The molecule has 90 valence electrons. The van der Waals surface area contributed by atoms with Gasteiger partial charge in [-0.05, 0) is 13.0 Å². The molecule has 0 N–H and O–H groups in total. The Morgan fingerprint density at radius 1 is 1.24 bits per heavy atom. The zero-order chi connectivity index (χ0) is 12.6. The smallest absolute Gasteiger partial charge is 0.245 e. The molecule has 0 amide bonds. The Labute approximate surface area is 95.9 Å². The van der Waals surface area contributed by atoms with E-state index in [9.17, 15) is 13.2 Å². The lowest BCUT2D eigenvalue weighted by Gasteiger charge is -2.02. The molecule has 1 aromatic heterocycles. The average Bonchev–Trinajstić information content (AvgIpc) is 2.60. The van der Waals surface area contributed by atoms with E-state index in [1.54, 1.807) is 18.2 Å². The highest BCUT2D eigenvalue weighted by molar-refractivity contribution is 5.55. The molecular weight excluding hydrogens is 231 g/mol. The van der Waals surface area contributed by atoms with Gasteiger partial charge in [-0.3, -0.25) is 0 Å². The monoisotopic (exact) mass is 241 g/mol. The number of benzene rings is 1. The van der Waals surface area contributed by atoms with E-state index in [1.807, 2.05) is 13.0 Å². The van der Waals surface area contributed by atoms with Crippen LogP contribution in [0.15, 0.2) is 24.3 Å². The molecule has 1 aromatic carbocycles. The van der Waals surface area contributed by atoms with Crippen molar-refractivity contribution in [3.63, 3.8) is 0 Å². The molecule has 0 fully saturated rings. The fourth-order valence-corrected chi connectivity index (χ4v) is 1.54. The van der Waals surface area contributed by atoms with E-state index < -0.39 is 12.0 Å². The number of alkyl halides is 3. The van der Waals surface area contributed by atoms with Crippen molar-refractivity contribution in [2.75, 3.05) is 0 Å². The summed E-state index contributed by atoms with van der Waals surface area (Å²) >= 11 is 0. The van der Waals surface area contributed by atoms with Crippen molar-refractivity contribution < 1.29 is 13.2 Å². The molecule has 0 spiro atoms. The SMILES string of the molecule is Cc1cccc(-c2nc(C(F)(F)F)n(C)n2)c1. The molecule has 2 rings (SSSR count). The first-order valence-corrected chi connectivity index (χ1v) is 4.93. The van der Waals surface area contributed by atoms with Crippen molar-refractivity contribution in [3.8, 4) is 11.4 Å². The first-order valence-electron chi connectivity index (χ1n) is 4.93. The summed E-state index contributed by atoms with van der Waals surface area (Å²) in [5, 5.41) is 3.77. The van der Waals surface area contributed by atoms with Crippen LogP contribution < -0.4 is 0 Å². The van der Waals surface area contributed by atoms with Gasteiger partial charge < -0.3 is 0 Å². The molecule has 6 heteroatoms. The number of aryl methyl sites for hydroxylation is 2. The Balaban J connectivity index is 2.49. The predicted molar refractivity (Wildman–Crippen MR) is 56.2 cm³/mol. The summed E-state index contributed by atoms with van der Waals surface area (Å²) in [6.07, 6.45) is -4.48. The van der Waals surface area contributed by atoms with Gasteiger partial charge in [0.2, 0.25) is 5.82 Å². The lowest BCUT2D eigenvalue weighted by atomic mass is 10.1. The van der Waals surface area contributed by atoms with Gasteiger partial charge in [-0.25, -0.2) is 9.67 Å². The molecule has 0 bridgehead atoms. The van der Waals surface area contributed by atoms with Gasteiger partial charge >= 0.3 is 6.18 Å². The molecular formula is C11H10F3N3. The topological polar surface area (TPSA) is 30.7 Å². The van der Waals surface area contributed by atoms with Gasteiger partial charge in [0.25, 0.3) is 0 Å². The van der Waals surface area contributed by atoms with Crippen molar-refractivity contribution in [1.82, 2.24) is 14.8 Å². The standard InChI is InChI=1S/C11H10F3N3/c1-7-4-3-5-8(6-7)9-15-10(11(12,13)14)17(2)16-9/h3-6H,1-2H3. The van der Waals surface area contributed by atoms with E-state index in [1.165, 1.54) is 7.05 Å². The zero-order valence-corrected chi connectivity index (χ0v) is 9.28. The molecule has 0 aliphatic heterocycles. The predicted octanol–water partition coefficient (Wildman–Crippen LogP) is 2.81. The van der Waals surface area contributed by atoms with E-state index in [0.717, 1.165) is 10.2 Å². The molecule has 1 heterocycles. The normalized spacial score (nSPS) is 11.8. The van der Waals surface area contributed by atoms with Crippen molar-refractivity contribution >= 4 is 0 Å². The Morgan fingerprint density at radius 3 is 2.47 bits per heavy atom. The fraction of sp³-hybridized carbons (Fsp3) is 0.273. The van der Waals surface area contributed by atoms with Gasteiger partial charge in [0, 0.05) is 12.6 Å². The van der Waals surface area contributed by atoms with Crippen LogP contribution in [0.1, 0.15) is 11.4 Å². The third kappa shape index (κ3) is 2.30.